The largest absolute Gasteiger partial charge is 0.401 e. The van der Waals surface area contributed by atoms with Crippen molar-refractivity contribution >= 4 is 21.8 Å². The van der Waals surface area contributed by atoms with Gasteiger partial charge in [0.05, 0.1) is 13.0 Å². The van der Waals surface area contributed by atoms with Gasteiger partial charge in [-0.1, -0.05) is 28.1 Å². The number of halogens is 4. The van der Waals surface area contributed by atoms with Crippen LogP contribution in [0.2, 0.25) is 0 Å². The van der Waals surface area contributed by atoms with Gasteiger partial charge in [-0.15, -0.1) is 0 Å². The molecule has 0 radical (unpaired) electrons. The number of hydrogen-bond acceptors (Lipinski definition) is 2. The topological polar surface area (TPSA) is 23.6 Å². The molecule has 1 aliphatic rings. The molecule has 0 aliphatic carbocycles. The molecular weight excluding hydrogens is 349 g/mol. The first-order valence-corrected chi connectivity index (χ1v) is 7.44. The first kappa shape index (κ1) is 16.3. The predicted octanol–water partition coefficient (Wildman–Crippen LogP) is 2.70. The minimum atomic E-state index is -4.18. The molecule has 1 amide bonds. The van der Waals surface area contributed by atoms with E-state index < -0.39 is 12.7 Å². The van der Waals surface area contributed by atoms with Crippen molar-refractivity contribution in [3.05, 3.63) is 34.3 Å². The third kappa shape index (κ3) is 5.32. The van der Waals surface area contributed by atoms with E-state index in [2.05, 4.69) is 15.9 Å². The average Bonchev–Trinajstić information content (AvgIpc) is 2.40. The summed E-state index contributed by atoms with van der Waals surface area (Å²) in [5.74, 6) is -0.0380. The quantitative estimate of drug-likeness (QED) is 0.823. The van der Waals surface area contributed by atoms with Crippen LogP contribution in [-0.4, -0.2) is 54.6 Å². The van der Waals surface area contributed by atoms with Gasteiger partial charge < -0.3 is 4.90 Å². The van der Waals surface area contributed by atoms with Gasteiger partial charge in [0.1, 0.15) is 0 Å². The Morgan fingerprint density at radius 1 is 1.10 bits per heavy atom. The molecule has 1 aromatic carbocycles. The van der Waals surface area contributed by atoms with Crippen molar-refractivity contribution in [2.24, 2.45) is 0 Å². The van der Waals surface area contributed by atoms with Gasteiger partial charge in [-0.2, -0.15) is 13.2 Å². The third-order valence-electron chi connectivity index (χ3n) is 3.40. The van der Waals surface area contributed by atoms with Gasteiger partial charge >= 0.3 is 6.18 Å². The van der Waals surface area contributed by atoms with Gasteiger partial charge in [0.15, 0.2) is 0 Å². The lowest BCUT2D eigenvalue weighted by atomic mass is 10.1. The highest BCUT2D eigenvalue weighted by Crippen LogP contribution is 2.18. The molecule has 1 aromatic rings. The molecule has 0 saturated carbocycles. The van der Waals surface area contributed by atoms with E-state index in [0.29, 0.717) is 13.1 Å². The normalized spacial score (nSPS) is 17.0. The van der Waals surface area contributed by atoms with Gasteiger partial charge in [-0.05, 0) is 17.7 Å². The Morgan fingerprint density at radius 2 is 1.67 bits per heavy atom. The van der Waals surface area contributed by atoms with Crippen molar-refractivity contribution in [1.82, 2.24) is 9.80 Å². The minimum absolute atomic E-state index is 0.0380. The first-order chi connectivity index (χ1) is 9.83. The van der Waals surface area contributed by atoms with E-state index in [-0.39, 0.29) is 25.4 Å². The van der Waals surface area contributed by atoms with Gasteiger partial charge in [0.2, 0.25) is 5.91 Å². The summed E-state index contributed by atoms with van der Waals surface area (Å²) in [5.41, 5.74) is 0.904. The molecule has 7 heteroatoms. The number of amides is 1. The van der Waals surface area contributed by atoms with Crippen LogP contribution in [0, 0.1) is 0 Å². The lowest BCUT2D eigenvalue weighted by molar-refractivity contribution is -0.151. The van der Waals surface area contributed by atoms with Gasteiger partial charge in [-0.3, -0.25) is 9.69 Å². The molecule has 1 saturated heterocycles. The van der Waals surface area contributed by atoms with Crippen molar-refractivity contribution in [2.45, 2.75) is 12.6 Å². The fourth-order valence-electron chi connectivity index (χ4n) is 2.30. The van der Waals surface area contributed by atoms with E-state index in [9.17, 15) is 18.0 Å². The van der Waals surface area contributed by atoms with Crippen molar-refractivity contribution in [3.8, 4) is 0 Å². The molecule has 0 N–H and O–H groups in total. The Bertz CT molecular complexity index is 482. The molecule has 0 bridgehead atoms. The average molecular weight is 365 g/mol. The summed E-state index contributed by atoms with van der Waals surface area (Å²) in [4.78, 5) is 15.1. The van der Waals surface area contributed by atoms with Gasteiger partial charge in [0, 0.05) is 30.7 Å². The van der Waals surface area contributed by atoms with Crippen LogP contribution in [0.25, 0.3) is 0 Å². The van der Waals surface area contributed by atoms with Crippen LogP contribution in [0.4, 0.5) is 13.2 Å². The molecule has 0 unspecified atom stereocenters. The lowest BCUT2D eigenvalue weighted by Crippen LogP contribution is -2.51. The number of nitrogens with zero attached hydrogens (tertiary/aromatic N) is 2. The molecule has 0 spiro atoms. The second-order valence-electron chi connectivity index (χ2n) is 5.08. The van der Waals surface area contributed by atoms with E-state index in [1.165, 1.54) is 4.90 Å². The van der Waals surface area contributed by atoms with Crippen LogP contribution in [0.3, 0.4) is 0 Å². The van der Waals surface area contributed by atoms with Gasteiger partial charge in [-0.25, -0.2) is 0 Å². The molecule has 1 aliphatic heterocycles. The SMILES string of the molecule is O=C(Cc1ccc(Br)cc1)N1CCN(CC(F)(F)F)CC1. The fourth-order valence-corrected chi connectivity index (χ4v) is 2.56. The van der Waals surface area contributed by atoms with Crippen molar-refractivity contribution in [1.29, 1.82) is 0 Å². The number of carbonyl (C=O) groups is 1. The van der Waals surface area contributed by atoms with Crippen LogP contribution >= 0.6 is 15.9 Å². The molecule has 21 heavy (non-hydrogen) atoms. The second-order valence-corrected chi connectivity index (χ2v) is 5.99. The summed E-state index contributed by atoms with van der Waals surface area (Å²) < 4.78 is 37.8. The standard InChI is InChI=1S/C14H16BrF3N2O/c15-12-3-1-11(2-4-12)9-13(21)20-7-5-19(6-8-20)10-14(16,17)18/h1-4H,5-10H2. The summed E-state index contributed by atoms with van der Waals surface area (Å²) >= 11 is 3.33. The Labute approximate surface area is 129 Å². The van der Waals surface area contributed by atoms with Crippen LogP contribution < -0.4 is 0 Å². The van der Waals surface area contributed by atoms with Crippen molar-refractivity contribution < 1.29 is 18.0 Å². The number of piperazine rings is 1. The molecule has 3 nitrogen and oxygen atoms in total. The minimum Gasteiger partial charge on any atom is -0.340 e. The maximum absolute atomic E-state index is 12.3. The number of benzene rings is 1. The highest BCUT2D eigenvalue weighted by atomic mass is 79.9. The van der Waals surface area contributed by atoms with E-state index in [0.717, 1.165) is 10.0 Å². The van der Waals surface area contributed by atoms with E-state index in [1.807, 2.05) is 24.3 Å². The van der Waals surface area contributed by atoms with E-state index in [4.69, 9.17) is 0 Å². The van der Waals surface area contributed by atoms with E-state index in [1.54, 1.807) is 4.90 Å². The molecule has 1 heterocycles. The van der Waals surface area contributed by atoms with Crippen LogP contribution in [0.1, 0.15) is 5.56 Å². The Kier molecular flexibility index (Phi) is 5.27. The van der Waals surface area contributed by atoms with Gasteiger partial charge in [0.25, 0.3) is 0 Å². The number of carbonyl (C=O) groups excluding carboxylic acids is 1. The number of hydrogen-bond donors (Lipinski definition) is 0. The first-order valence-electron chi connectivity index (χ1n) is 6.65. The summed E-state index contributed by atoms with van der Waals surface area (Å²) in [6, 6.07) is 7.46. The highest BCUT2D eigenvalue weighted by Gasteiger charge is 2.32. The lowest BCUT2D eigenvalue weighted by Gasteiger charge is -2.35. The molecule has 0 atom stereocenters. The van der Waals surface area contributed by atoms with Crippen molar-refractivity contribution in [2.75, 3.05) is 32.7 Å². The molecule has 1 fully saturated rings. The highest BCUT2D eigenvalue weighted by molar-refractivity contribution is 9.10. The summed E-state index contributed by atoms with van der Waals surface area (Å²) in [5, 5.41) is 0. The summed E-state index contributed by atoms with van der Waals surface area (Å²) in [7, 11) is 0. The molecular formula is C14H16BrF3N2O. The monoisotopic (exact) mass is 364 g/mol. The van der Waals surface area contributed by atoms with Crippen LogP contribution in [-0.2, 0) is 11.2 Å². The summed E-state index contributed by atoms with van der Waals surface area (Å²) in [6.45, 7) is 0.343. The van der Waals surface area contributed by atoms with Crippen LogP contribution in [0.5, 0.6) is 0 Å². The zero-order chi connectivity index (χ0) is 15.5. The number of rotatable bonds is 3. The Morgan fingerprint density at radius 3 is 2.19 bits per heavy atom. The molecule has 116 valence electrons. The smallest absolute Gasteiger partial charge is 0.340 e. The fraction of sp³-hybridized carbons (Fsp3) is 0.500. The third-order valence-corrected chi connectivity index (χ3v) is 3.93. The van der Waals surface area contributed by atoms with E-state index >= 15 is 0 Å². The maximum Gasteiger partial charge on any atom is 0.401 e. The maximum atomic E-state index is 12.3. The zero-order valence-electron chi connectivity index (χ0n) is 11.4. The van der Waals surface area contributed by atoms with Crippen LogP contribution in [0.15, 0.2) is 28.7 Å². The Hall–Kier alpha value is -1.08. The predicted molar refractivity (Wildman–Crippen MR) is 76.9 cm³/mol. The molecule has 0 aromatic heterocycles. The number of alkyl halides is 3. The second kappa shape index (κ2) is 6.79. The Balaban J connectivity index is 1.81. The molecule has 2 rings (SSSR count). The summed E-state index contributed by atoms with van der Waals surface area (Å²) in [6.07, 6.45) is -3.89. The van der Waals surface area contributed by atoms with Crippen molar-refractivity contribution in [3.63, 3.8) is 0 Å². The zero-order valence-corrected chi connectivity index (χ0v) is 13.0.